The molecule has 0 aromatic heterocycles. The Kier molecular flexibility index (Phi) is 40.9. The van der Waals surface area contributed by atoms with Crippen molar-refractivity contribution in [1.29, 1.82) is 0 Å². The van der Waals surface area contributed by atoms with E-state index >= 15 is 0 Å². The molecule has 0 fully saturated rings. The van der Waals surface area contributed by atoms with E-state index in [9.17, 15) is 19.1 Å². The predicted octanol–water partition coefficient (Wildman–Crippen LogP) is -9.85. The molecule has 0 spiro atoms. The Morgan fingerprint density at radius 3 is 1.38 bits per heavy atom. The Labute approximate surface area is 141 Å². The third kappa shape index (κ3) is 13.1. The van der Waals surface area contributed by atoms with Crippen molar-refractivity contribution < 1.29 is 96.2 Å². The summed E-state index contributed by atoms with van der Waals surface area (Å²) in [5, 5.41) is 5.74. The van der Waals surface area contributed by atoms with Gasteiger partial charge in [0.15, 0.2) is 7.60 Å². The van der Waals surface area contributed by atoms with E-state index in [1.165, 1.54) is 0 Å². The second kappa shape index (κ2) is 17.3. The predicted molar refractivity (Wildman–Crippen MR) is 66.8 cm³/mol. The Balaban J connectivity index is -0.0000000402. The minimum absolute atomic E-state index is 0. The molecule has 0 heterocycles. The van der Waals surface area contributed by atoms with Gasteiger partial charge in [0.25, 0.3) is 0 Å². The summed E-state index contributed by atoms with van der Waals surface area (Å²) in [5.41, 5.74) is 4.98. The maximum Gasteiger partial charge on any atom is 1.00 e. The minimum Gasteiger partial charge on any atom is -0.776 e. The molecule has 0 aliphatic carbocycles. The van der Waals surface area contributed by atoms with Gasteiger partial charge in [0.1, 0.15) is 0 Å². The molecule has 0 rings (SSSR count). The maximum atomic E-state index is 10.7. The first-order chi connectivity index (χ1) is 6.06. The molecule has 0 bridgehead atoms. The van der Waals surface area contributed by atoms with Crippen molar-refractivity contribution in [2.75, 3.05) is 6.54 Å². The Morgan fingerprint density at radius 1 is 0.952 bits per heavy atom. The van der Waals surface area contributed by atoms with E-state index in [2.05, 4.69) is 0 Å². The fourth-order valence-corrected chi connectivity index (χ4v) is 3.00. The molecule has 0 aromatic carbocycles. The van der Waals surface area contributed by atoms with E-state index < -0.39 is 26.7 Å². The monoisotopic (exact) mass is 379 g/mol. The van der Waals surface area contributed by atoms with Gasteiger partial charge in [0.2, 0.25) is 5.08 Å². The minimum atomic E-state index is -5.55. The molecule has 14 nitrogen and oxygen atoms in total. The number of nitrogens with two attached hydrogens (primary N) is 1. The summed E-state index contributed by atoms with van der Waals surface area (Å²) >= 11 is 0. The van der Waals surface area contributed by atoms with Crippen LogP contribution in [0.15, 0.2) is 0 Å². The van der Waals surface area contributed by atoms with Gasteiger partial charge in [-0.1, -0.05) is 0 Å². The van der Waals surface area contributed by atoms with Crippen molar-refractivity contribution in [3.8, 4) is 0 Å². The number of hydrogen-bond acceptors (Lipinski definition) is 5. The van der Waals surface area contributed by atoms with Gasteiger partial charge in [-0.05, 0) is 19.4 Å². The van der Waals surface area contributed by atoms with Gasteiger partial charge in [-0.25, -0.2) is 0 Å². The van der Waals surface area contributed by atoms with E-state index in [1.54, 1.807) is 0 Å². The van der Waals surface area contributed by atoms with Gasteiger partial charge >= 0.3 is 37.2 Å². The number of hydrogen-bond donors (Lipinski definition) is 5. The number of rotatable bonds is 5. The first kappa shape index (κ1) is 49.5. The van der Waals surface area contributed by atoms with E-state index in [1.807, 2.05) is 0 Å². The third-order valence-electron chi connectivity index (χ3n) is 1.64. The van der Waals surface area contributed by atoms with E-state index in [0.29, 0.717) is 0 Å². The average Bonchev–Trinajstić information content (AvgIpc) is 1.95. The van der Waals surface area contributed by atoms with Crippen LogP contribution in [-0.2, 0) is 9.13 Å². The van der Waals surface area contributed by atoms with Gasteiger partial charge in [-0.2, -0.15) is 0 Å². The van der Waals surface area contributed by atoms with E-state index in [4.69, 9.17) is 20.4 Å². The Hall–Kier alpha value is 0.980. The zero-order valence-corrected chi connectivity index (χ0v) is 14.9. The molecule has 0 amide bonds. The fraction of sp³-hybridized carbons (Fsp3) is 1.00. The third-order valence-corrected chi connectivity index (χ3v) is 5.46. The van der Waals surface area contributed by atoms with E-state index in [-0.39, 0.29) is 75.4 Å². The van der Waals surface area contributed by atoms with Crippen molar-refractivity contribution in [2.45, 2.75) is 17.9 Å². The summed E-state index contributed by atoms with van der Waals surface area (Å²) in [7, 11) is -10.9. The second-order valence-electron chi connectivity index (χ2n) is 2.73. The standard InChI is InChI=1S/C4H13NO7P2.Na.6H2O/c5-3-1-2-4(6,13(7,8)9)14(10,11)12;;;;;;;/h6H,1-3,5H2,(H2,7,8,9)(H2,10,11,12);;6*1H2/q;+1;;;;;;/p-1. The molecule has 18 N–H and O–H groups in total. The molecule has 134 valence electrons. The molecule has 2 unspecified atom stereocenters. The normalized spacial score (nSPS) is 14.2. The molecule has 17 heteroatoms. The van der Waals surface area contributed by atoms with Crippen LogP contribution >= 0.6 is 15.2 Å². The van der Waals surface area contributed by atoms with Gasteiger partial charge in [-0.15, -0.1) is 0 Å². The molecule has 0 aliphatic heterocycles. The summed E-state index contributed by atoms with van der Waals surface area (Å²) in [6, 6.07) is 0. The first-order valence-corrected chi connectivity index (χ1v) is 6.77. The van der Waals surface area contributed by atoms with Crippen LogP contribution in [0.3, 0.4) is 0 Å². The summed E-state index contributed by atoms with van der Waals surface area (Å²) < 4.78 is 21.3. The zero-order valence-electron chi connectivity index (χ0n) is 11.1. The van der Waals surface area contributed by atoms with Crippen LogP contribution in [0.1, 0.15) is 12.8 Å². The fourth-order valence-electron chi connectivity index (χ4n) is 0.791. The van der Waals surface area contributed by atoms with Gasteiger partial charge in [-0.3, -0.25) is 4.57 Å². The molecule has 0 saturated heterocycles. The Morgan fingerprint density at radius 2 is 1.24 bits per heavy atom. The topological polar surface area (TPSA) is 353 Å². The van der Waals surface area contributed by atoms with Crippen LogP contribution in [0, 0.1) is 0 Å². The molecular formula is C4H24NNaO13P2. The van der Waals surface area contributed by atoms with Crippen LogP contribution in [0.5, 0.6) is 0 Å². The number of aliphatic hydroxyl groups is 1. The largest absolute Gasteiger partial charge is 1.00 e. The van der Waals surface area contributed by atoms with Gasteiger partial charge < -0.3 is 67.8 Å². The van der Waals surface area contributed by atoms with E-state index in [0.717, 1.165) is 0 Å². The first-order valence-electron chi connectivity index (χ1n) is 3.58. The van der Waals surface area contributed by atoms with Crippen molar-refractivity contribution in [3.63, 3.8) is 0 Å². The van der Waals surface area contributed by atoms with Crippen LogP contribution in [0.2, 0.25) is 0 Å². The quantitative estimate of drug-likeness (QED) is 0.225. The Bertz CT molecular complexity index is 268. The van der Waals surface area contributed by atoms with Crippen molar-refractivity contribution in [2.24, 2.45) is 5.73 Å². The molecule has 21 heavy (non-hydrogen) atoms. The van der Waals surface area contributed by atoms with Gasteiger partial charge in [0.05, 0.1) is 0 Å². The van der Waals surface area contributed by atoms with Crippen LogP contribution < -0.4 is 40.2 Å². The smallest absolute Gasteiger partial charge is 0.776 e. The van der Waals surface area contributed by atoms with Crippen LogP contribution in [-0.4, -0.2) is 64.3 Å². The molecule has 0 radical (unpaired) electrons. The van der Waals surface area contributed by atoms with Crippen molar-refractivity contribution in [1.82, 2.24) is 0 Å². The molecule has 0 aromatic rings. The van der Waals surface area contributed by atoms with Crippen LogP contribution in [0.25, 0.3) is 0 Å². The van der Waals surface area contributed by atoms with Crippen molar-refractivity contribution in [3.05, 3.63) is 0 Å². The van der Waals surface area contributed by atoms with Crippen molar-refractivity contribution >= 4 is 15.2 Å². The summed E-state index contributed by atoms with van der Waals surface area (Å²) in [6.45, 7) is -0.0672. The molecule has 2 atom stereocenters. The maximum absolute atomic E-state index is 10.7. The molecular weight excluding hydrogens is 355 g/mol. The average molecular weight is 379 g/mol. The van der Waals surface area contributed by atoms with Gasteiger partial charge in [0, 0.05) is 0 Å². The van der Waals surface area contributed by atoms with Crippen LogP contribution in [0.4, 0.5) is 0 Å². The summed E-state index contributed by atoms with van der Waals surface area (Å²) in [6.07, 6.45) is -0.959. The second-order valence-corrected chi connectivity index (χ2v) is 6.69. The summed E-state index contributed by atoms with van der Waals surface area (Å²) in [5.74, 6) is 0. The summed E-state index contributed by atoms with van der Waals surface area (Å²) in [4.78, 5) is 36.3. The molecule has 0 aliphatic rings. The zero-order chi connectivity index (χ0) is 11.6. The molecule has 0 saturated carbocycles. The SMILES string of the molecule is NCCCC(O)(P(=O)([O-])O)P(=O)(O)O.O.O.O.O.O.O.[Na+].